The van der Waals surface area contributed by atoms with Gasteiger partial charge < -0.3 is 9.73 Å². The molecule has 1 aromatic carbocycles. The van der Waals surface area contributed by atoms with Crippen LogP contribution >= 0.6 is 23.2 Å². The van der Waals surface area contributed by atoms with Gasteiger partial charge in [0.2, 0.25) is 0 Å². The molecule has 0 amide bonds. The molecule has 114 valence electrons. The number of nitrogens with zero attached hydrogens (tertiary/aromatic N) is 1. The summed E-state index contributed by atoms with van der Waals surface area (Å²) in [4.78, 5) is 4.30. The Balaban J connectivity index is 1.89. The molecule has 0 atom stereocenters. The predicted octanol–water partition coefficient (Wildman–Crippen LogP) is 4.83. The van der Waals surface area contributed by atoms with Crippen molar-refractivity contribution in [2.24, 2.45) is 5.92 Å². The first-order valence-electron chi connectivity index (χ1n) is 7.16. The minimum absolute atomic E-state index is 0.591. The van der Waals surface area contributed by atoms with Gasteiger partial charge in [0.25, 0.3) is 0 Å². The molecule has 0 aliphatic carbocycles. The van der Waals surface area contributed by atoms with Crippen molar-refractivity contribution in [3.8, 4) is 11.3 Å². The van der Waals surface area contributed by atoms with Crippen molar-refractivity contribution in [2.45, 2.75) is 26.7 Å². The lowest BCUT2D eigenvalue weighted by Crippen LogP contribution is -2.21. The molecule has 0 radical (unpaired) electrons. The molecule has 2 rings (SSSR count). The third-order valence-corrected chi connectivity index (χ3v) is 3.43. The number of hydrogen-bond acceptors (Lipinski definition) is 3. The van der Waals surface area contributed by atoms with Crippen molar-refractivity contribution >= 4 is 23.2 Å². The van der Waals surface area contributed by atoms with Gasteiger partial charge in [-0.15, -0.1) is 0 Å². The van der Waals surface area contributed by atoms with Crippen molar-refractivity contribution in [3.05, 3.63) is 40.3 Å². The number of aryl methyl sites for hydroxylation is 1. The third kappa shape index (κ3) is 5.34. The Morgan fingerprint density at radius 1 is 1.19 bits per heavy atom. The fraction of sp³-hybridized carbons (Fsp3) is 0.438. The van der Waals surface area contributed by atoms with E-state index in [0.717, 1.165) is 37.4 Å². The van der Waals surface area contributed by atoms with Crippen LogP contribution in [0.2, 0.25) is 10.0 Å². The molecular formula is C16H20Cl2N2O. The fourth-order valence-corrected chi connectivity index (χ4v) is 2.54. The number of aromatic nitrogens is 1. The Morgan fingerprint density at radius 2 is 1.90 bits per heavy atom. The second-order valence-corrected chi connectivity index (χ2v) is 6.35. The lowest BCUT2D eigenvalue weighted by atomic mass is 10.2. The normalized spacial score (nSPS) is 11.3. The summed E-state index contributed by atoms with van der Waals surface area (Å²) < 4.78 is 5.75. The standard InChI is InChI=1S/C16H20Cl2N2O/c1-11(2)9-19-5-3-4-16-20-10-15(21-16)12-6-13(17)8-14(18)7-12/h6-8,10-11,19H,3-5,9H2,1-2H3. The monoisotopic (exact) mass is 326 g/mol. The minimum atomic E-state index is 0.591. The van der Waals surface area contributed by atoms with Crippen LogP contribution in [0.5, 0.6) is 0 Å². The van der Waals surface area contributed by atoms with Gasteiger partial charge in [-0.1, -0.05) is 37.0 Å². The molecular weight excluding hydrogens is 307 g/mol. The van der Waals surface area contributed by atoms with Gasteiger partial charge in [0.15, 0.2) is 11.7 Å². The first kappa shape index (κ1) is 16.3. The second kappa shape index (κ2) is 7.83. The highest BCUT2D eigenvalue weighted by Crippen LogP contribution is 2.27. The zero-order valence-electron chi connectivity index (χ0n) is 12.3. The van der Waals surface area contributed by atoms with E-state index in [1.54, 1.807) is 12.3 Å². The van der Waals surface area contributed by atoms with Crippen molar-refractivity contribution < 1.29 is 4.42 Å². The Bertz CT molecular complexity index is 561. The Hall–Kier alpha value is -1.03. The van der Waals surface area contributed by atoms with Gasteiger partial charge in [-0.2, -0.15) is 0 Å². The average molecular weight is 327 g/mol. The maximum atomic E-state index is 6.00. The van der Waals surface area contributed by atoms with Gasteiger partial charge in [-0.25, -0.2) is 4.98 Å². The van der Waals surface area contributed by atoms with Crippen LogP contribution in [0.3, 0.4) is 0 Å². The van der Waals surface area contributed by atoms with E-state index in [2.05, 4.69) is 24.1 Å². The van der Waals surface area contributed by atoms with Gasteiger partial charge in [0.1, 0.15) is 0 Å². The molecule has 0 saturated carbocycles. The van der Waals surface area contributed by atoms with Crippen molar-refractivity contribution in [1.82, 2.24) is 10.3 Å². The van der Waals surface area contributed by atoms with E-state index in [4.69, 9.17) is 27.6 Å². The molecule has 0 aliphatic rings. The van der Waals surface area contributed by atoms with Crippen LogP contribution in [-0.4, -0.2) is 18.1 Å². The average Bonchev–Trinajstić information content (AvgIpc) is 2.85. The largest absolute Gasteiger partial charge is 0.441 e. The molecule has 0 saturated heterocycles. The van der Waals surface area contributed by atoms with Crippen LogP contribution in [-0.2, 0) is 6.42 Å². The van der Waals surface area contributed by atoms with Crippen molar-refractivity contribution in [3.63, 3.8) is 0 Å². The highest BCUT2D eigenvalue weighted by molar-refractivity contribution is 6.35. The molecule has 5 heteroatoms. The fourth-order valence-electron chi connectivity index (χ4n) is 2.01. The van der Waals surface area contributed by atoms with E-state index in [0.29, 0.717) is 21.7 Å². The Morgan fingerprint density at radius 3 is 2.57 bits per heavy atom. The minimum Gasteiger partial charge on any atom is -0.441 e. The zero-order chi connectivity index (χ0) is 15.2. The van der Waals surface area contributed by atoms with Crippen molar-refractivity contribution in [2.75, 3.05) is 13.1 Å². The number of rotatable bonds is 7. The van der Waals surface area contributed by atoms with E-state index in [9.17, 15) is 0 Å². The molecule has 3 nitrogen and oxygen atoms in total. The van der Waals surface area contributed by atoms with Crippen LogP contribution in [0.4, 0.5) is 0 Å². The Kier molecular flexibility index (Phi) is 6.09. The zero-order valence-corrected chi connectivity index (χ0v) is 13.8. The van der Waals surface area contributed by atoms with Crippen molar-refractivity contribution in [1.29, 1.82) is 0 Å². The summed E-state index contributed by atoms with van der Waals surface area (Å²) in [5, 5.41) is 4.59. The molecule has 1 N–H and O–H groups in total. The topological polar surface area (TPSA) is 38.1 Å². The SMILES string of the molecule is CC(C)CNCCCc1ncc(-c2cc(Cl)cc(Cl)c2)o1. The number of benzene rings is 1. The maximum Gasteiger partial charge on any atom is 0.194 e. The first-order chi connectivity index (χ1) is 10.0. The van der Waals surface area contributed by atoms with Crippen LogP contribution in [0, 0.1) is 5.92 Å². The van der Waals surface area contributed by atoms with Crippen LogP contribution in [0.1, 0.15) is 26.2 Å². The summed E-state index contributed by atoms with van der Waals surface area (Å²) in [7, 11) is 0. The van der Waals surface area contributed by atoms with E-state index in [-0.39, 0.29) is 0 Å². The lowest BCUT2D eigenvalue weighted by molar-refractivity contribution is 0.483. The van der Waals surface area contributed by atoms with Gasteiger partial charge in [0, 0.05) is 22.0 Å². The Labute approximate surface area is 135 Å². The molecule has 0 fully saturated rings. The number of oxazole rings is 1. The van der Waals surface area contributed by atoms with Crippen LogP contribution < -0.4 is 5.32 Å². The molecule has 21 heavy (non-hydrogen) atoms. The summed E-state index contributed by atoms with van der Waals surface area (Å²) in [6.45, 7) is 6.41. The summed E-state index contributed by atoms with van der Waals surface area (Å²) >= 11 is 12.0. The molecule has 0 bridgehead atoms. The summed E-state index contributed by atoms with van der Waals surface area (Å²) in [5.74, 6) is 2.11. The van der Waals surface area contributed by atoms with Gasteiger partial charge in [-0.05, 0) is 43.6 Å². The first-order valence-corrected chi connectivity index (χ1v) is 7.92. The van der Waals surface area contributed by atoms with E-state index in [1.165, 1.54) is 0 Å². The molecule has 2 aromatic rings. The summed E-state index contributed by atoms with van der Waals surface area (Å²) in [6.07, 6.45) is 3.54. The summed E-state index contributed by atoms with van der Waals surface area (Å²) in [6, 6.07) is 5.34. The van der Waals surface area contributed by atoms with Crippen LogP contribution in [0.15, 0.2) is 28.8 Å². The molecule has 0 spiro atoms. The third-order valence-electron chi connectivity index (χ3n) is 3.00. The number of hydrogen-bond donors (Lipinski definition) is 1. The van der Waals surface area contributed by atoms with Gasteiger partial charge in [-0.3, -0.25) is 0 Å². The lowest BCUT2D eigenvalue weighted by Gasteiger charge is -2.05. The molecule has 1 heterocycles. The molecule has 1 aromatic heterocycles. The predicted molar refractivity (Wildman–Crippen MR) is 88.0 cm³/mol. The van der Waals surface area contributed by atoms with Gasteiger partial charge in [0.05, 0.1) is 6.20 Å². The van der Waals surface area contributed by atoms with E-state index >= 15 is 0 Å². The smallest absolute Gasteiger partial charge is 0.194 e. The second-order valence-electron chi connectivity index (χ2n) is 5.48. The quantitative estimate of drug-likeness (QED) is 0.741. The molecule has 0 unspecified atom stereocenters. The van der Waals surface area contributed by atoms with Crippen LogP contribution in [0.25, 0.3) is 11.3 Å². The highest BCUT2D eigenvalue weighted by atomic mass is 35.5. The number of nitrogens with one attached hydrogen (secondary N) is 1. The van der Waals surface area contributed by atoms with E-state index < -0.39 is 0 Å². The maximum absolute atomic E-state index is 6.00. The number of halogens is 2. The van der Waals surface area contributed by atoms with E-state index in [1.807, 2.05) is 12.1 Å². The molecule has 0 aliphatic heterocycles. The summed E-state index contributed by atoms with van der Waals surface area (Å²) in [5.41, 5.74) is 0.851. The highest BCUT2D eigenvalue weighted by Gasteiger charge is 2.08. The van der Waals surface area contributed by atoms with Gasteiger partial charge >= 0.3 is 0 Å².